The summed E-state index contributed by atoms with van der Waals surface area (Å²) in [6.45, 7) is 3.87. The first kappa shape index (κ1) is 18.3. The molecule has 0 aliphatic rings. The molecule has 3 rings (SSSR count). The Kier molecular flexibility index (Phi) is 5.03. The molecular weight excluding hydrogens is 348 g/mol. The van der Waals surface area contributed by atoms with Crippen molar-refractivity contribution in [2.24, 2.45) is 0 Å². The number of esters is 1. The second-order valence-corrected chi connectivity index (χ2v) is 5.95. The molecule has 0 atom stereocenters. The highest BCUT2D eigenvalue weighted by molar-refractivity contribution is 5.98. The van der Waals surface area contributed by atoms with E-state index in [1.165, 1.54) is 13.2 Å². The van der Waals surface area contributed by atoms with E-state index < -0.39 is 10.9 Å². The molecule has 1 aromatic heterocycles. The summed E-state index contributed by atoms with van der Waals surface area (Å²) >= 11 is 0. The number of ether oxygens (including phenoxy) is 2. The van der Waals surface area contributed by atoms with Crippen LogP contribution in [0, 0.1) is 17.0 Å². The largest absolute Gasteiger partial charge is 0.480 e. The lowest BCUT2D eigenvalue weighted by Crippen LogP contribution is -2.08. The maximum absolute atomic E-state index is 12.2. The number of nitro groups is 1. The number of aryl methyl sites for hydroxylation is 1. The van der Waals surface area contributed by atoms with Gasteiger partial charge in [0.05, 0.1) is 29.7 Å². The normalized spacial score (nSPS) is 10.6. The summed E-state index contributed by atoms with van der Waals surface area (Å²) in [6, 6.07) is 12.1. The van der Waals surface area contributed by atoms with Crippen LogP contribution in [-0.2, 0) is 4.74 Å². The fraction of sp³-hybridized carbons (Fsp3) is 0.200. The van der Waals surface area contributed by atoms with Gasteiger partial charge >= 0.3 is 5.97 Å². The van der Waals surface area contributed by atoms with Crippen LogP contribution in [-0.4, -0.2) is 29.6 Å². The second-order valence-electron chi connectivity index (χ2n) is 5.95. The van der Waals surface area contributed by atoms with Crippen LogP contribution in [0.1, 0.15) is 22.8 Å². The number of hydrogen-bond donors (Lipinski definition) is 0. The van der Waals surface area contributed by atoms with E-state index in [-0.39, 0.29) is 23.7 Å². The molecule has 3 aromatic rings. The summed E-state index contributed by atoms with van der Waals surface area (Å²) in [5, 5.41) is 12.2. The van der Waals surface area contributed by atoms with Crippen molar-refractivity contribution in [2.75, 3.05) is 13.7 Å². The third-order valence-electron chi connectivity index (χ3n) is 4.15. The van der Waals surface area contributed by atoms with Gasteiger partial charge in [0.2, 0.25) is 5.88 Å². The van der Waals surface area contributed by atoms with Crippen LogP contribution < -0.4 is 4.74 Å². The van der Waals surface area contributed by atoms with Gasteiger partial charge in [0, 0.05) is 11.5 Å². The van der Waals surface area contributed by atoms with Crippen molar-refractivity contribution in [3.05, 3.63) is 63.7 Å². The van der Waals surface area contributed by atoms with Crippen molar-refractivity contribution in [3.63, 3.8) is 0 Å². The van der Waals surface area contributed by atoms with Gasteiger partial charge in [-0.05, 0) is 31.5 Å². The molecule has 0 radical (unpaired) electrons. The molecule has 0 unspecified atom stereocenters. The van der Waals surface area contributed by atoms with Gasteiger partial charge in [-0.1, -0.05) is 29.8 Å². The molecule has 7 nitrogen and oxygen atoms in total. The lowest BCUT2D eigenvalue weighted by atomic mass is 9.99. The molecule has 0 spiro atoms. The predicted octanol–water partition coefficient (Wildman–Crippen LogP) is 4.30. The highest BCUT2D eigenvalue weighted by atomic mass is 16.6. The monoisotopic (exact) mass is 366 g/mol. The lowest BCUT2D eigenvalue weighted by molar-refractivity contribution is -0.384. The molecule has 1 heterocycles. The minimum absolute atomic E-state index is 0.0650. The van der Waals surface area contributed by atoms with Gasteiger partial charge in [0.25, 0.3) is 5.69 Å². The Morgan fingerprint density at radius 3 is 2.48 bits per heavy atom. The Bertz CT molecular complexity index is 1030. The van der Waals surface area contributed by atoms with E-state index in [0.717, 1.165) is 5.56 Å². The van der Waals surface area contributed by atoms with E-state index in [1.807, 2.05) is 31.2 Å². The summed E-state index contributed by atoms with van der Waals surface area (Å²) in [7, 11) is 1.38. The van der Waals surface area contributed by atoms with Crippen LogP contribution >= 0.6 is 0 Å². The Morgan fingerprint density at radius 1 is 1.19 bits per heavy atom. The maximum Gasteiger partial charge on any atom is 0.343 e. The first-order valence-corrected chi connectivity index (χ1v) is 8.36. The van der Waals surface area contributed by atoms with E-state index >= 15 is 0 Å². The fourth-order valence-corrected chi connectivity index (χ4v) is 2.82. The van der Waals surface area contributed by atoms with Gasteiger partial charge in [0.1, 0.15) is 5.56 Å². The molecule has 0 aliphatic heterocycles. The number of fused-ring (bicyclic) bond motifs is 1. The first-order chi connectivity index (χ1) is 12.9. The molecule has 0 aliphatic carbocycles. The summed E-state index contributed by atoms with van der Waals surface area (Å²) in [5.41, 5.74) is 2.69. The van der Waals surface area contributed by atoms with Crippen molar-refractivity contribution >= 4 is 22.6 Å². The number of methoxy groups -OCH3 is 1. The van der Waals surface area contributed by atoms with E-state index in [9.17, 15) is 14.9 Å². The predicted molar refractivity (Wildman–Crippen MR) is 101 cm³/mol. The summed E-state index contributed by atoms with van der Waals surface area (Å²) in [6.07, 6.45) is 0. The van der Waals surface area contributed by atoms with Gasteiger partial charge in [-0.15, -0.1) is 0 Å². The Balaban J connectivity index is 2.26. The van der Waals surface area contributed by atoms with Crippen molar-refractivity contribution in [2.45, 2.75) is 13.8 Å². The van der Waals surface area contributed by atoms with Crippen LogP contribution in [0.3, 0.4) is 0 Å². The Hall–Kier alpha value is -3.48. The van der Waals surface area contributed by atoms with Crippen molar-refractivity contribution < 1.29 is 19.2 Å². The van der Waals surface area contributed by atoms with Crippen LogP contribution in [0.5, 0.6) is 5.88 Å². The zero-order valence-corrected chi connectivity index (χ0v) is 15.2. The van der Waals surface area contributed by atoms with Gasteiger partial charge in [0.15, 0.2) is 0 Å². The highest BCUT2D eigenvalue weighted by Gasteiger charge is 2.21. The van der Waals surface area contributed by atoms with Gasteiger partial charge in [-0.2, -0.15) is 0 Å². The van der Waals surface area contributed by atoms with Gasteiger partial charge < -0.3 is 9.47 Å². The Labute approximate surface area is 155 Å². The Morgan fingerprint density at radius 2 is 1.89 bits per heavy atom. The topological polar surface area (TPSA) is 91.6 Å². The summed E-state index contributed by atoms with van der Waals surface area (Å²) < 4.78 is 10.2. The number of hydrogen-bond acceptors (Lipinski definition) is 6. The number of carbonyl (C=O) groups excluding carboxylic acids is 1. The SMILES string of the molecule is CCOC(=O)c1cc2cc(-c3ccc(C)cc3)c([N+](=O)[O-])cc2nc1OC. The average molecular weight is 366 g/mol. The molecular formula is C20H18N2O5. The van der Waals surface area contributed by atoms with Crippen LogP contribution in [0.25, 0.3) is 22.0 Å². The molecule has 0 amide bonds. The number of benzene rings is 2. The van der Waals surface area contributed by atoms with Crippen LogP contribution in [0.4, 0.5) is 5.69 Å². The van der Waals surface area contributed by atoms with Crippen LogP contribution in [0.15, 0.2) is 42.5 Å². The number of nitrogens with zero attached hydrogens (tertiary/aromatic N) is 2. The zero-order valence-electron chi connectivity index (χ0n) is 15.2. The van der Waals surface area contributed by atoms with Gasteiger partial charge in [-0.25, -0.2) is 9.78 Å². The second kappa shape index (κ2) is 7.41. The maximum atomic E-state index is 12.2. The highest BCUT2D eigenvalue weighted by Crippen LogP contribution is 2.35. The number of rotatable bonds is 5. The summed E-state index contributed by atoms with van der Waals surface area (Å²) in [4.78, 5) is 27.6. The molecule has 138 valence electrons. The zero-order chi connectivity index (χ0) is 19.6. The average Bonchev–Trinajstić information content (AvgIpc) is 2.66. The lowest BCUT2D eigenvalue weighted by Gasteiger charge is -2.10. The van der Waals surface area contributed by atoms with Crippen molar-refractivity contribution in [1.82, 2.24) is 4.98 Å². The summed E-state index contributed by atoms with van der Waals surface area (Å²) in [5.74, 6) is -0.489. The van der Waals surface area contributed by atoms with Crippen molar-refractivity contribution in [3.8, 4) is 17.0 Å². The third kappa shape index (κ3) is 3.57. The number of pyridine rings is 1. The number of nitro benzene ring substituents is 1. The number of carbonyl (C=O) groups is 1. The minimum Gasteiger partial charge on any atom is -0.480 e. The van der Waals surface area contributed by atoms with E-state index in [1.54, 1.807) is 19.1 Å². The molecule has 0 fully saturated rings. The standard InChI is InChI=1S/C20H18N2O5/c1-4-27-20(23)16-10-14-9-15(13-7-5-12(2)6-8-13)18(22(24)25)11-17(14)21-19(16)26-3/h5-11H,4H2,1-3H3. The third-order valence-corrected chi connectivity index (χ3v) is 4.15. The fourth-order valence-electron chi connectivity index (χ4n) is 2.82. The van der Waals surface area contributed by atoms with Crippen LogP contribution in [0.2, 0.25) is 0 Å². The number of aromatic nitrogens is 1. The molecule has 27 heavy (non-hydrogen) atoms. The van der Waals surface area contributed by atoms with Crippen molar-refractivity contribution in [1.29, 1.82) is 0 Å². The smallest absolute Gasteiger partial charge is 0.343 e. The minimum atomic E-state index is -0.556. The molecule has 2 aromatic carbocycles. The first-order valence-electron chi connectivity index (χ1n) is 8.36. The van der Waals surface area contributed by atoms with E-state index in [4.69, 9.17) is 9.47 Å². The molecule has 0 saturated heterocycles. The molecule has 7 heteroatoms. The molecule has 0 N–H and O–H groups in total. The van der Waals surface area contributed by atoms with E-state index in [2.05, 4.69) is 4.98 Å². The molecule has 0 bridgehead atoms. The van der Waals surface area contributed by atoms with Gasteiger partial charge in [-0.3, -0.25) is 10.1 Å². The molecule has 0 saturated carbocycles. The van der Waals surface area contributed by atoms with E-state index in [0.29, 0.717) is 22.0 Å². The quantitative estimate of drug-likeness (QED) is 0.380.